The predicted octanol–water partition coefficient (Wildman–Crippen LogP) is 5.36. The lowest BCUT2D eigenvalue weighted by molar-refractivity contribution is -0.133. The number of fused-ring (bicyclic) bond motifs is 2. The van der Waals surface area contributed by atoms with Gasteiger partial charge in [0.2, 0.25) is 11.8 Å². The van der Waals surface area contributed by atoms with Crippen LogP contribution in [0.5, 0.6) is 11.5 Å². The van der Waals surface area contributed by atoms with Crippen LogP contribution in [0.15, 0.2) is 73.1 Å². The molecule has 0 saturated carbocycles. The molecule has 8 rings (SSSR count). The second-order valence-corrected chi connectivity index (χ2v) is 15.0. The summed E-state index contributed by atoms with van der Waals surface area (Å²) < 4.78 is 14.6. The molecule has 294 valence electrons. The maximum atomic E-state index is 12.8. The van der Waals surface area contributed by atoms with Crippen LogP contribution < -0.4 is 19.3 Å². The van der Waals surface area contributed by atoms with E-state index in [0.717, 1.165) is 39.2 Å². The van der Waals surface area contributed by atoms with E-state index >= 15 is 0 Å². The molecule has 4 aromatic heterocycles. The van der Waals surface area contributed by atoms with Gasteiger partial charge in [0.25, 0.3) is 0 Å². The number of hydrogen-bond acceptors (Lipinski definition) is 11. The smallest absolute Gasteiger partial charge is 0.244 e. The number of benzene rings is 2. The van der Waals surface area contributed by atoms with E-state index in [1.54, 1.807) is 43.4 Å². The van der Waals surface area contributed by atoms with Gasteiger partial charge in [-0.2, -0.15) is 15.5 Å². The van der Waals surface area contributed by atoms with Crippen LogP contribution in [0.25, 0.3) is 22.1 Å². The summed E-state index contributed by atoms with van der Waals surface area (Å²) in [5.41, 5.74) is 3.63. The van der Waals surface area contributed by atoms with Gasteiger partial charge in [-0.25, -0.2) is 19.3 Å². The van der Waals surface area contributed by atoms with Crippen LogP contribution >= 0.6 is 45.8 Å². The number of amides is 2. The summed E-state index contributed by atoms with van der Waals surface area (Å²) in [6.07, 6.45) is 3.35. The van der Waals surface area contributed by atoms with E-state index in [0.29, 0.717) is 71.8 Å². The van der Waals surface area contributed by atoms with Crippen molar-refractivity contribution >= 4 is 91.0 Å². The number of carbonyl (C=O) groups is 2. The number of aromatic nitrogens is 6. The van der Waals surface area contributed by atoms with Crippen LogP contribution in [0.3, 0.4) is 0 Å². The van der Waals surface area contributed by atoms with Gasteiger partial charge < -0.3 is 29.1 Å². The largest absolute Gasteiger partial charge is 0.495 e. The number of piperazine rings is 2. The molecule has 0 unspecified atom stereocenters. The molecule has 2 aliphatic rings. The second kappa shape index (κ2) is 17.8. The first-order valence-electron chi connectivity index (χ1n) is 18.1. The van der Waals surface area contributed by atoms with Gasteiger partial charge >= 0.3 is 0 Å². The topological polar surface area (TPSA) is 151 Å². The van der Waals surface area contributed by atoms with E-state index in [1.165, 1.54) is 4.68 Å². The molecule has 6 aromatic rings. The Morgan fingerprint density at radius 3 is 1.63 bits per heavy atom. The zero-order valence-electron chi connectivity index (χ0n) is 31.2. The van der Waals surface area contributed by atoms with Gasteiger partial charge in [0.05, 0.1) is 35.0 Å². The van der Waals surface area contributed by atoms with E-state index in [4.69, 9.17) is 32.7 Å². The number of nitrogens with zero attached hydrogens (tertiary/aromatic N) is 11. The Morgan fingerprint density at radius 1 is 0.702 bits per heavy atom. The number of rotatable bonds is 8. The molecule has 2 fully saturated rings. The van der Waals surface area contributed by atoms with Gasteiger partial charge in [0.15, 0.2) is 17.0 Å². The highest BCUT2D eigenvalue weighted by Gasteiger charge is 2.25. The summed E-state index contributed by atoms with van der Waals surface area (Å²) in [5, 5.41) is 20.8. The van der Waals surface area contributed by atoms with Crippen molar-refractivity contribution in [2.45, 2.75) is 13.1 Å². The molecular weight excluding hydrogens is 884 g/mol. The fraction of sp³-hybridized carbons (Fsp3) is 0.308. The number of pyridine rings is 2. The zero-order valence-corrected chi connectivity index (χ0v) is 34.9. The van der Waals surface area contributed by atoms with Crippen LogP contribution in [-0.4, -0.2) is 118 Å². The number of nitriles is 1. The maximum absolute atomic E-state index is 12.8. The summed E-state index contributed by atoms with van der Waals surface area (Å²) in [5.74, 6) is 1.30. The monoisotopic (exact) mass is 921 g/mol. The molecule has 2 aromatic carbocycles. The number of hydrogen-bond donors (Lipinski definition) is 0. The molecule has 0 spiro atoms. The third kappa shape index (κ3) is 8.80. The number of halogens is 3. The number of methoxy groups -OCH3 is 2. The number of carbonyl (C=O) groups excluding carboxylic acids is 2. The number of ether oxygens (including phenoxy) is 2. The van der Waals surface area contributed by atoms with Crippen LogP contribution in [0.2, 0.25) is 10.0 Å². The Balaban J connectivity index is 0.000000174. The van der Waals surface area contributed by atoms with Crippen molar-refractivity contribution < 1.29 is 19.1 Å². The van der Waals surface area contributed by atoms with E-state index in [1.807, 2.05) is 58.3 Å². The maximum Gasteiger partial charge on any atom is 0.244 e. The van der Waals surface area contributed by atoms with Gasteiger partial charge in [-0.05, 0) is 71.1 Å². The molecule has 0 N–H and O–H groups in total. The molecule has 0 radical (unpaired) electrons. The third-order valence-corrected chi connectivity index (χ3v) is 11.3. The average Bonchev–Trinajstić information content (AvgIpc) is 3.77. The minimum Gasteiger partial charge on any atom is -0.495 e. The van der Waals surface area contributed by atoms with Gasteiger partial charge in [-0.3, -0.25) is 9.59 Å². The SMILES string of the molecule is COc1cc(N2CCN(C(=O)Cn3nc(C#N)c4cccnc43)CC2)ccc1Cl.COc1cc(N2CCN(C(=O)Cn3nc(I)c4cccnc43)CC2)ccc1Cl. The lowest BCUT2D eigenvalue weighted by Crippen LogP contribution is -2.49. The summed E-state index contributed by atoms with van der Waals surface area (Å²) in [7, 11) is 3.20. The average molecular weight is 923 g/mol. The van der Waals surface area contributed by atoms with Crippen LogP contribution in [0.4, 0.5) is 11.4 Å². The van der Waals surface area contributed by atoms with Gasteiger partial charge in [0.1, 0.15) is 34.4 Å². The van der Waals surface area contributed by atoms with Crippen molar-refractivity contribution in [2.75, 3.05) is 76.4 Å². The van der Waals surface area contributed by atoms with E-state index in [-0.39, 0.29) is 30.6 Å². The molecule has 15 nitrogen and oxygen atoms in total. The minimum absolute atomic E-state index is 0.0436. The molecule has 57 heavy (non-hydrogen) atoms. The van der Waals surface area contributed by atoms with Crippen molar-refractivity contribution in [3.63, 3.8) is 0 Å². The highest BCUT2D eigenvalue weighted by molar-refractivity contribution is 14.1. The summed E-state index contributed by atoms with van der Waals surface area (Å²) in [6.45, 7) is 5.70. The molecule has 0 aliphatic carbocycles. The molecular formula is C39H38Cl2IN11O4. The molecule has 0 atom stereocenters. The molecule has 2 aliphatic heterocycles. The van der Waals surface area contributed by atoms with E-state index in [9.17, 15) is 14.9 Å². The molecule has 18 heteroatoms. The predicted molar refractivity (Wildman–Crippen MR) is 226 cm³/mol. The first-order valence-corrected chi connectivity index (χ1v) is 19.9. The highest BCUT2D eigenvalue weighted by Crippen LogP contribution is 2.31. The standard InChI is InChI=1S/C20H19ClN6O2.C19H19ClIN5O2/c1-29-18-11-14(4-5-16(18)21)25-7-9-26(10-8-25)19(28)13-27-20-15(3-2-6-23-20)17(12-22)24-27;1-28-16-11-13(4-5-15(16)20)24-7-9-25(10-8-24)17(27)12-26-19-14(18(21)23-26)3-2-6-22-19/h2-6,11H,7-10,13H2,1H3;2-6,11H,7-10,12H2,1H3. The quantitative estimate of drug-likeness (QED) is 0.182. The Bertz CT molecular complexity index is 2450. The van der Waals surface area contributed by atoms with Crippen molar-refractivity contribution in [1.29, 1.82) is 5.26 Å². The summed E-state index contributed by atoms with van der Waals surface area (Å²) in [6, 6.07) is 20.9. The van der Waals surface area contributed by atoms with Crippen molar-refractivity contribution in [3.05, 3.63) is 92.5 Å². The van der Waals surface area contributed by atoms with Gasteiger partial charge in [-0.15, -0.1) is 0 Å². The van der Waals surface area contributed by atoms with E-state index < -0.39 is 0 Å². The lowest BCUT2D eigenvalue weighted by Gasteiger charge is -2.36. The fourth-order valence-electron chi connectivity index (χ4n) is 6.86. The normalized spacial score (nSPS) is 14.3. The second-order valence-electron chi connectivity index (χ2n) is 13.2. The van der Waals surface area contributed by atoms with Crippen LogP contribution in [-0.2, 0) is 22.7 Å². The van der Waals surface area contributed by atoms with Crippen molar-refractivity contribution in [2.24, 2.45) is 0 Å². The lowest BCUT2D eigenvalue weighted by atomic mass is 10.2. The minimum atomic E-state index is -0.0436. The zero-order chi connectivity index (χ0) is 40.1. The van der Waals surface area contributed by atoms with Gasteiger partial charge in [-0.1, -0.05) is 23.2 Å². The first kappa shape index (κ1) is 39.8. The number of anilines is 2. The third-order valence-electron chi connectivity index (χ3n) is 9.91. The summed E-state index contributed by atoms with van der Waals surface area (Å²) in [4.78, 5) is 42.3. The Labute approximate surface area is 352 Å². The highest BCUT2D eigenvalue weighted by atomic mass is 127. The molecule has 6 heterocycles. The Hall–Kier alpha value is -5.38. The van der Waals surface area contributed by atoms with Crippen molar-refractivity contribution in [3.8, 4) is 17.6 Å². The van der Waals surface area contributed by atoms with Crippen LogP contribution in [0, 0.1) is 15.0 Å². The van der Waals surface area contributed by atoms with E-state index in [2.05, 4.69) is 58.6 Å². The van der Waals surface area contributed by atoms with Gasteiger partial charge in [0, 0.05) is 88.3 Å². The Kier molecular flexibility index (Phi) is 12.5. The fourth-order valence-corrected chi connectivity index (χ4v) is 7.93. The molecule has 2 saturated heterocycles. The molecule has 2 amide bonds. The van der Waals surface area contributed by atoms with Crippen LogP contribution in [0.1, 0.15) is 5.69 Å². The molecule has 0 bridgehead atoms. The Morgan fingerprint density at radius 2 is 1.16 bits per heavy atom. The summed E-state index contributed by atoms with van der Waals surface area (Å²) >= 11 is 14.4. The van der Waals surface area contributed by atoms with Crippen molar-refractivity contribution in [1.82, 2.24) is 39.3 Å². The first-order chi connectivity index (χ1) is 27.7.